The van der Waals surface area contributed by atoms with Crippen LogP contribution in [0.2, 0.25) is 0 Å². The monoisotopic (exact) mass is 445 g/mol. The molecule has 0 fully saturated rings. The van der Waals surface area contributed by atoms with Crippen molar-refractivity contribution in [3.05, 3.63) is 59.2 Å². The van der Waals surface area contributed by atoms with Gasteiger partial charge in [-0.05, 0) is 56.2 Å². The average molecular weight is 445 g/mol. The van der Waals surface area contributed by atoms with Gasteiger partial charge < -0.3 is 25.2 Å². The second kappa shape index (κ2) is 8.31. The van der Waals surface area contributed by atoms with Crippen molar-refractivity contribution in [1.82, 2.24) is 15.0 Å². The first-order valence-corrected chi connectivity index (χ1v) is 10.2. The van der Waals surface area contributed by atoms with Crippen molar-refractivity contribution in [2.75, 3.05) is 7.11 Å². The number of phenolic OH excluding ortho intramolecular Hbond substituents is 4. The van der Waals surface area contributed by atoms with Gasteiger partial charge in [0.25, 0.3) is 0 Å². The quantitative estimate of drug-likeness (QED) is 0.358. The van der Waals surface area contributed by atoms with Gasteiger partial charge in [-0.2, -0.15) is 0 Å². The molecule has 0 atom stereocenters. The largest absolute Gasteiger partial charge is 0.508 e. The van der Waals surface area contributed by atoms with Crippen LogP contribution in [0.5, 0.6) is 28.7 Å². The lowest BCUT2D eigenvalue weighted by Crippen LogP contribution is -2.04. The normalized spacial score (nSPS) is 10.9. The summed E-state index contributed by atoms with van der Waals surface area (Å²) in [5.41, 5.74) is 4.02. The van der Waals surface area contributed by atoms with E-state index in [9.17, 15) is 20.4 Å². The molecule has 168 valence electrons. The smallest absolute Gasteiger partial charge is 0.167 e. The maximum atomic E-state index is 10.4. The maximum Gasteiger partial charge on any atom is 0.167 e. The second-order valence-corrected chi connectivity index (χ2v) is 7.75. The van der Waals surface area contributed by atoms with Crippen molar-refractivity contribution in [3.63, 3.8) is 0 Å². The number of aryl methyl sites for hydroxylation is 2. The number of nitrogens with zero attached hydrogens (tertiary/aromatic N) is 3. The minimum Gasteiger partial charge on any atom is -0.508 e. The number of hydrogen-bond donors (Lipinski definition) is 4. The molecule has 1 heterocycles. The Kier molecular flexibility index (Phi) is 5.51. The summed E-state index contributed by atoms with van der Waals surface area (Å²) >= 11 is 0. The third kappa shape index (κ3) is 3.98. The maximum absolute atomic E-state index is 10.4. The third-order valence-corrected chi connectivity index (χ3v) is 5.41. The van der Waals surface area contributed by atoms with Gasteiger partial charge in [0.2, 0.25) is 0 Å². The van der Waals surface area contributed by atoms with Gasteiger partial charge in [0.05, 0.1) is 18.2 Å². The number of aromatic hydroxyl groups is 4. The van der Waals surface area contributed by atoms with E-state index in [4.69, 9.17) is 4.74 Å². The molecule has 0 aliphatic rings. The fourth-order valence-corrected chi connectivity index (χ4v) is 3.97. The van der Waals surface area contributed by atoms with E-state index in [1.807, 2.05) is 26.8 Å². The molecule has 0 spiro atoms. The molecule has 0 saturated heterocycles. The van der Waals surface area contributed by atoms with Crippen LogP contribution < -0.4 is 4.74 Å². The third-order valence-electron chi connectivity index (χ3n) is 5.41. The first-order valence-electron chi connectivity index (χ1n) is 10.2. The van der Waals surface area contributed by atoms with Crippen LogP contribution in [-0.4, -0.2) is 42.5 Å². The Morgan fingerprint density at radius 1 is 0.636 bits per heavy atom. The first kappa shape index (κ1) is 21.9. The molecule has 0 unspecified atom stereocenters. The van der Waals surface area contributed by atoms with Crippen LogP contribution in [0.15, 0.2) is 42.5 Å². The summed E-state index contributed by atoms with van der Waals surface area (Å²) < 4.78 is 5.58. The number of phenols is 4. The van der Waals surface area contributed by atoms with Crippen molar-refractivity contribution in [1.29, 1.82) is 0 Å². The van der Waals surface area contributed by atoms with Gasteiger partial charge in [0, 0.05) is 23.3 Å². The minimum atomic E-state index is -0.206. The molecular weight excluding hydrogens is 422 g/mol. The molecule has 0 radical (unpaired) electrons. The molecule has 4 N–H and O–H groups in total. The number of aromatic nitrogens is 3. The Labute approximate surface area is 190 Å². The second-order valence-electron chi connectivity index (χ2n) is 7.75. The topological polar surface area (TPSA) is 129 Å². The van der Waals surface area contributed by atoms with Gasteiger partial charge in [-0.25, -0.2) is 15.0 Å². The highest BCUT2D eigenvalue weighted by molar-refractivity contribution is 5.75. The molecule has 4 aromatic rings. The molecule has 0 aliphatic carbocycles. The van der Waals surface area contributed by atoms with Gasteiger partial charge in [-0.15, -0.1) is 0 Å². The Hall–Kier alpha value is -4.33. The molecular formula is C25H23N3O5. The van der Waals surface area contributed by atoms with Crippen molar-refractivity contribution < 1.29 is 25.2 Å². The zero-order valence-corrected chi connectivity index (χ0v) is 18.6. The van der Waals surface area contributed by atoms with Crippen LogP contribution >= 0.6 is 0 Å². The predicted molar refractivity (Wildman–Crippen MR) is 124 cm³/mol. The SMILES string of the molecule is COc1c(C)cc(C)c(-c2nc(-c3ccc(O)cc3O)nc(-c3ccc(O)cc3O)n2)c1C. The zero-order chi connectivity index (χ0) is 23.9. The lowest BCUT2D eigenvalue weighted by molar-refractivity contribution is 0.408. The van der Waals surface area contributed by atoms with Crippen LogP contribution in [0, 0.1) is 20.8 Å². The van der Waals surface area contributed by atoms with E-state index in [0.717, 1.165) is 22.3 Å². The Balaban J connectivity index is 2.04. The van der Waals surface area contributed by atoms with Gasteiger partial charge >= 0.3 is 0 Å². The molecule has 0 aliphatic heterocycles. The predicted octanol–water partition coefficient (Wildman–Crippen LogP) is 4.63. The van der Waals surface area contributed by atoms with E-state index in [1.165, 1.54) is 36.4 Å². The van der Waals surface area contributed by atoms with Crippen molar-refractivity contribution in [2.45, 2.75) is 20.8 Å². The van der Waals surface area contributed by atoms with E-state index in [0.29, 0.717) is 11.6 Å². The highest BCUT2D eigenvalue weighted by Crippen LogP contribution is 2.38. The summed E-state index contributed by atoms with van der Waals surface area (Å²) in [7, 11) is 1.60. The Morgan fingerprint density at radius 3 is 1.58 bits per heavy atom. The van der Waals surface area contributed by atoms with Gasteiger partial charge in [-0.1, -0.05) is 6.07 Å². The van der Waals surface area contributed by atoms with Gasteiger partial charge in [0.15, 0.2) is 17.5 Å². The Bertz CT molecular complexity index is 1320. The van der Waals surface area contributed by atoms with Crippen molar-refractivity contribution in [3.8, 4) is 62.9 Å². The summed E-state index contributed by atoms with van der Waals surface area (Å²) in [6.45, 7) is 5.80. The van der Waals surface area contributed by atoms with E-state index in [2.05, 4.69) is 15.0 Å². The van der Waals surface area contributed by atoms with Gasteiger partial charge in [0.1, 0.15) is 28.7 Å². The molecule has 0 bridgehead atoms. The average Bonchev–Trinajstić information content (AvgIpc) is 2.73. The fourth-order valence-electron chi connectivity index (χ4n) is 3.97. The lowest BCUT2D eigenvalue weighted by atomic mass is 9.97. The molecule has 0 amide bonds. The number of benzene rings is 3. The molecule has 8 nitrogen and oxygen atoms in total. The molecule has 4 rings (SSSR count). The van der Waals surface area contributed by atoms with Crippen LogP contribution in [0.25, 0.3) is 34.2 Å². The molecule has 33 heavy (non-hydrogen) atoms. The summed E-state index contributed by atoms with van der Waals surface area (Å²) in [5.74, 6) is 0.721. The van der Waals surface area contributed by atoms with Crippen LogP contribution in [0.1, 0.15) is 16.7 Å². The molecule has 8 heteroatoms. The molecule has 3 aromatic carbocycles. The number of methoxy groups -OCH3 is 1. The van der Waals surface area contributed by atoms with E-state index in [-0.39, 0.29) is 45.8 Å². The summed E-state index contributed by atoms with van der Waals surface area (Å²) in [5, 5.41) is 40.2. The number of ether oxygens (including phenoxy) is 1. The molecule has 0 saturated carbocycles. The van der Waals surface area contributed by atoms with Crippen LogP contribution in [-0.2, 0) is 0 Å². The van der Waals surface area contributed by atoms with Crippen molar-refractivity contribution in [2.24, 2.45) is 0 Å². The van der Waals surface area contributed by atoms with E-state index >= 15 is 0 Å². The summed E-state index contributed by atoms with van der Waals surface area (Å²) in [4.78, 5) is 13.7. The number of rotatable bonds is 4. The lowest BCUT2D eigenvalue weighted by Gasteiger charge is -2.17. The minimum absolute atomic E-state index is 0.100. The standard InChI is InChI=1S/C25H23N3O5/c1-12-9-13(2)22(33-4)14(3)21(12)25-27-23(17-7-5-15(29)10-19(17)31)26-24(28-25)18-8-6-16(30)11-20(18)32/h5-11,29-32H,1-4H3. The number of hydrogen-bond acceptors (Lipinski definition) is 8. The highest BCUT2D eigenvalue weighted by atomic mass is 16.5. The fraction of sp³-hybridized carbons (Fsp3) is 0.160. The Morgan fingerprint density at radius 2 is 1.12 bits per heavy atom. The van der Waals surface area contributed by atoms with Crippen LogP contribution in [0.4, 0.5) is 0 Å². The first-order chi connectivity index (χ1) is 15.7. The van der Waals surface area contributed by atoms with Crippen molar-refractivity contribution >= 4 is 0 Å². The highest BCUT2D eigenvalue weighted by Gasteiger charge is 2.21. The van der Waals surface area contributed by atoms with E-state index in [1.54, 1.807) is 7.11 Å². The van der Waals surface area contributed by atoms with Gasteiger partial charge in [-0.3, -0.25) is 0 Å². The molecule has 1 aromatic heterocycles. The summed E-state index contributed by atoms with van der Waals surface area (Å²) in [6, 6.07) is 10.2. The summed E-state index contributed by atoms with van der Waals surface area (Å²) in [6.07, 6.45) is 0. The van der Waals surface area contributed by atoms with E-state index < -0.39 is 0 Å². The zero-order valence-electron chi connectivity index (χ0n) is 18.6. The van der Waals surface area contributed by atoms with Crippen LogP contribution in [0.3, 0.4) is 0 Å².